The fourth-order valence-corrected chi connectivity index (χ4v) is 1.94. The third-order valence-corrected chi connectivity index (χ3v) is 3.28. The molecule has 0 radical (unpaired) electrons. The molecular formula is C15H21N3O2. The fourth-order valence-electron chi connectivity index (χ4n) is 1.94. The van der Waals surface area contributed by atoms with E-state index >= 15 is 0 Å². The first-order chi connectivity index (χ1) is 9.56. The van der Waals surface area contributed by atoms with Crippen molar-refractivity contribution in [3.63, 3.8) is 0 Å². The average Bonchev–Trinajstić information content (AvgIpc) is 2.81. The number of hydrogen-bond acceptors (Lipinski definition) is 3. The van der Waals surface area contributed by atoms with Gasteiger partial charge in [-0.1, -0.05) is 19.9 Å². The highest BCUT2D eigenvalue weighted by atomic mass is 16.3. The van der Waals surface area contributed by atoms with Crippen molar-refractivity contribution in [1.29, 1.82) is 0 Å². The lowest BCUT2D eigenvalue weighted by molar-refractivity contribution is -0.123. The molecule has 1 atom stereocenters. The van der Waals surface area contributed by atoms with Crippen LogP contribution in [0.5, 0.6) is 0 Å². The van der Waals surface area contributed by atoms with Gasteiger partial charge >= 0.3 is 0 Å². The third kappa shape index (κ3) is 3.81. The number of imidazole rings is 1. The number of fused-ring (bicyclic) bond motifs is 1. The Labute approximate surface area is 118 Å². The van der Waals surface area contributed by atoms with Gasteiger partial charge in [0.25, 0.3) is 0 Å². The summed E-state index contributed by atoms with van der Waals surface area (Å²) in [6.45, 7) is 4.33. The molecule has 2 aromatic rings. The number of carbonyl (C=O) groups excluding carboxylic acids is 1. The Bertz CT molecular complexity index is 544. The van der Waals surface area contributed by atoms with Crippen LogP contribution in [0.2, 0.25) is 0 Å². The number of rotatable bonds is 6. The summed E-state index contributed by atoms with van der Waals surface area (Å²) in [7, 11) is 0. The molecule has 1 unspecified atom stereocenters. The Morgan fingerprint density at radius 3 is 2.95 bits per heavy atom. The molecule has 0 fully saturated rings. The molecule has 0 saturated heterocycles. The zero-order valence-electron chi connectivity index (χ0n) is 11.9. The monoisotopic (exact) mass is 275 g/mol. The van der Waals surface area contributed by atoms with Crippen LogP contribution in [0.3, 0.4) is 0 Å². The second-order valence-corrected chi connectivity index (χ2v) is 5.31. The highest BCUT2D eigenvalue weighted by Crippen LogP contribution is 2.06. The number of aliphatic hydroxyl groups is 1. The first-order valence-electron chi connectivity index (χ1n) is 6.93. The lowest BCUT2D eigenvalue weighted by Crippen LogP contribution is -2.30. The van der Waals surface area contributed by atoms with Crippen LogP contribution in [0.1, 0.15) is 26.0 Å². The van der Waals surface area contributed by atoms with Crippen LogP contribution >= 0.6 is 0 Å². The lowest BCUT2D eigenvalue weighted by atomic mass is 10.0. The fraction of sp³-hybridized carbons (Fsp3) is 0.467. The number of aliphatic hydroxyl groups excluding tert-OH is 1. The summed E-state index contributed by atoms with van der Waals surface area (Å²) >= 11 is 0. The van der Waals surface area contributed by atoms with Gasteiger partial charge in [0.15, 0.2) is 0 Å². The second kappa shape index (κ2) is 6.52. The van der Waals surface area contributed by atoms with Gasteiger partial charge < -0.3 is 14.8 Å². The molecule has 0 aliphatic rings. The molecule has 20 heavy (non-hydrogen) atoms. The Kier molecular flexibility index (Phi) is 4.74. The predicted octanol–water partition coefficient (Wildman–Crippen LogP) is 1.40. The standard InChI is InChI=1S/C15H21N3O2/c1-11(2)13(19)9-15(20)16-7-6-12-10-18-8-4-3-5-14(18)17-12/h3-5,8,10-11,13,19H,6-7,9H2,1-2H3,(H,16,20). The summed E-state index contributed by atoms with van der Waals surface area (Å²) in [5, 5.41) is 12.4. The van der Waals surface area contributed by atoms with Gasteiger partial charge in [-0.15, -0.1) is 0 Å². The summed E-state index contributed by atoms with van der Waals surface area (Å²) < 4.78 is 1.96. The van der Waals surface area contributed by atoms with Gasteiger partial charge in [-0.05, 0) is 18.1 Å². The zero-order chi connectivity index (χ0) is 14.5. The van der Waals surface area contributed by atoms with Crippen molar-refractivity contribution in [2.75, 3.05) is 6.54 Å². The Balaban J connectivity index is 1.79. The first-order valence-corrected chi connectivity index (χ1v) is 6.93. The zero-order valence-corrected chi connectivity index (χ0v) is 11.9. The van der Waals surface area contributed by atoms with Gasteiger partial charge in [-0.25, -0.2) is 4.98 Å². The number of pyridine rings is 1. The van der Waals surface area contributed by atoms with Crippen molar-refractivity contribution < 1.29 is 9.90 Å². The van der Waals surface area contributed by atoms with Gasteiger partial charge in [-0.3, -0.25) is 4.79 Å². The van der Waals surface area contributed by atoms with E-state index in [4.69, 9.17) is 0 Å². The van der Waals surface area contributed by atoms with E-state index < -0.39 is 6.10 Å². The largest absolute Gasteiger partial charge is 0.392 e. The van der Waals surface area contributed by atoms with Gasteiger partial charge in [0, 0.05) is 25.4 Å². The summed E-state index contributed by atoms with van der Waals surface area (Å²) in [4.78, 5) is 16.1. The number of aromatic nitrogens is 2. The van der Waals surface area contributed by atoms with Gasteiger partial charge in [0.1, 0.15) is 5.65 Å². The number of nitrogens with one attached hydrogen (secondary N) is 1. The van der Waals surface area contributed by atoms with Crippen molar-refractivity contribution in [1.82, 2.24) is 14.7 Å². The van der Waals surface area contributed by atoms with Crippen LogP contribution in [0.4, 0.5) is 0 Å². The molecular weight excluding hydrogens is 254 g/mol. The molecule has 0 saturated carbocycles. The quantitative estimate of drug-likeness (QED) is 0.837. The topological polar surface area (TPSA) is 66.6 Å². The van der Waals surface area contributed by atoms with E-state index in [0.29, 0.717) is 13.0 Å². The van der Waals surface area contributed by atoms with E-state index in [1.807, 2.05) is 48.8 Å². The molecule has 5 heteroatoms. The van der Waals surface area contributed by atoms with Gasteiger partial charge in [0.2, 0.25) is 5.91 Å². The van der Waals surface area contributed by atoms with Crippen LogP contribution in [-0.4, -0.2) is 33.0 Å². The number of hydrogen-bond donors (Lipinski definition) is 2. The summed E-state index contributed by atoms with van der Waals surface area (Å²) in [5.41, 5.74) is 1.85. The van der Waals surface area contributed by atoms with Crippen LogP contribution in [0.25, 0.3) is 5.65 Å². The molecule has 1 amide bonds. The number of nitrogens with zero attached hydrogens (tertiary/aromatic N) is 2. The smallest absolute Gasteiger partial charge is 0.222 e. The van der Waals surface area contributed by atoms with Gasteiger partial charge in [-0.2, -0.15) is 0 Å². The van der Waals surface area contributed by atoms with Crippen molar-refractivity contribution >= 4 is 11.6 Å². The molecule has 0 aromatic carbocycles. The third-order valence-electron chi connectivity index (χ3n) is 3.28. The molecule has 0 aliphatic carbocycles. The average molecular weight is 275 g/mol. The maximum atomic E-state index is 11.6. The highest BCUT2D eigenvalue weighted by Gasteiger charge is 2.13. The van der Waals surface area contributed by atoms with E-state index in [2.05, 4.69) is 10.3 Å². The Hall–Kier alpha value is -1.88. The lowest BCUT2D eigenvalue weighted by Gasteiger charge is -2.13. The molecule has 108 valence electrons. The summed E-state index contributed by atoms with van der Waals surface area (Å²) in [6, 6.07) is 5.84. The second-order valence-electron chi connectivity index (χ2n) is 5.31. The SMILES string of the molecule is CC(C)C(O)CC(=O)NCCc1cn2ccccc2n1. The molecule has 2 heterocycles. The minimum atomic E-state index is -0.579. The molecule has 5 nitrogen and oxygen atoms in total. The molecule has 0 spiro atoms. The molecule has 2 N–H and O–H groups in total. The highest BCUT2D eigenvalue weighted by molar-refractivity contribution is 5.76. The van der Waals surface area contributed by atoms with Crippen LogP contribution < -0.4 is 5.32 Å². The van der Waals surface area contributed by atoms with E-state index in [1.165, 1.54) is 0 Å². The maximum absolute atomic E-state index is 11.6. The van der Waals surface area contributed by atoms with Crippen molar-refractivity contribution in [3.8, 4) is 0 Å². The van der Waals surface area contributed by atoms with Gasteiger partial charge in [0.05, 0.1) is 18.2 Å². The minimum Gasteiger partial charge on any atom is -0.392 e. The first kappa shape index (κ1) is 14.5. The number of carbonyl (C=O) groups is 1. The summed E-state index contributed by atoms with van der Waals surface area (Å²) in [5.74, 6) is -0.0193. The van der Waals surface area contributed by atoms with E-state index in [1.54, 1.807) is 0 Å². The number of amides is 1. The van der Waals surface area contributed by atoms with Crippen LogP contribution in [0.15, 0.2) is 30.6 Å². The van der Waals surface area contributed by atoms with Crippen LogP contribution in [-0.2, 0) is 11.2 Å². The van der Waals surface area contributed by atoms with E-state index in [0.717, 1.165) is 11.3 Å². The Morgan fingerprint density at radius 1 is 1.45 bits per heavy atom. The van der Waals surface area contributed by atoms with E-state index in [-0.39, 0.29) is 18.2 Å². The normalized spacial score (nSPS) is 12.8. The maximum Gasteiger partial charge on any atom is 0.222 e. The van der Waals surface area contributed by atoms with Crippen molar-refractivity contribution in [2.45, 2.75) is 32.8 Å². The van der Waals surface area contributed by atoms with Crippen molar-refractivity contribution in [2.24, 2.45) is 5.92 Å². The molecule has 0 bridgehead atoms. The summed E-state index contributed by atoms with van der Waals surface area (Å²) in [6.07, 6.45) is 4.17. The predicted molar refractivity (Wildman–Crippen MR) is 77.4 cm³/mol. The van der Waals surface area contributed by atoms with Crippen molar-refractivity contribution in [3.05, 3.63) is 36.3 Å². The minimum absolute atomic E-state index is 0.0965. The molecule has 0 aliphatic heterocycles. The molecule has 2 aromatic heterocycles. The Morgan fingerprint density at radius 2 is 2.25 bits per heavy atom. The molecule has 2 rings (SSSR count). The van der Waals surface area contributed by atoms with E-state index in [9.17, 15) is 9.90 Å². The van der Waals surface area contributed by atoms with Crippen LogP contribution in [0, 0.1) is 5.92 Å².